The van der Waals surface area contributed by atoms with Gasteiger partial charge in [0.25, 0.3) is 0 Å². The lowest BCUT2D eigenvalue weighted by Crippen LogP contribution is -2.28. The molecule has 0 saturated carbocycles. The van der Waals surface area contributed by atoms with E-state index in [0.29, 0.717) is 15.8 Å². The van der Waals surface area contributed by atoms with Gasteiger partial charge in [0.15, 0.2) is 0 Å². The topological polar surface area (TPSA) is 87.2 Å². The van der Waals surface area contributed by atoms with E-state index in [4.69, 9.17) is 0 Å². The minimum atomic E-state index is -0.382. The van der Waals surface area contributed by atoms with Crippen molar-refractivity contribution in [3.05, 3.63) is 34.8 Å². The van der Waals surface area contributed by atoms with Crippen molar-refractivity contribution in [3.8, 4) is 0 Å². The zero-order valence-corrected chi connectivity index (χ0v) is 14.2. The van der Waals surface area contributed by atoms with Crippen molar-refractivity contribution in [3.63, 3.8) is 0 Å². The molecule has 1 saturated heterocycles. The number of anilines is 2. The highest BCUT2D eigenvalue weighted by Crippen LogP contribution is 2.18. The van der Waals surface area contributed by atoms with Gasteiger partial charge < -0.3 is 10.2 Å². The molecule has 0 atom stereocenters. The zero-order chi connectivity index (χ0) is 16.9. The SMILES string of the molecule is Cc1ccc(NC(=O)Nc2nnc(CC(=O)N3CCCC3)s2)cc1. The lowest BCUT2D eigenvalue weighted by Gasteiger charge is -2.13. The van der Waals surface area contributed by atoms with Gasteiger partial charge in [-0.15, -0.1) is 10.2 Å². The molecule has 1 aliphatic rings. The predicted molar refractivity (Wildman–Crippen MR) is 93.2 cm³/mol. The largest absolute Gasteiger partial charge is 0.342 e. The number of aromatic nitrogens is 2. The quantitative estimate of drug-likeness (QED) is 0.892. The maximum Gasteiger partial charge on any atom is 0.325 e. The number of carbonyl (C=O) groups is 2. The Morgan fingerprint density at radius 2 is 1.83 bits per heavy atom. The number of amides is 3. The van der Waals surface area contributed by atoms with Crippen molar-refractivity contribution in [1.82, 2.24) is 15.1 Å². The van der Waals surface area contributed by atoms with E-state index in [9.17, 15) is 9.59 Å². The number of aryl methyl sites for hydroxylation is 1. The summed E-state index contributed by atoms with van der Waals surface area (Å²) in [5.41, 5.74) is 1.82. The number of benzene rings is 1. The van der Waals surface area contributed by atoms with Gasteiger partial charge in [-0.1, -0.05) is 29.0 Å². The maximum absolute atomic E-state index is 12.1. The number of likely N-dealkylation sites (tertiary alicyclic amines) is 1. The second-order valence-corrected chi connectivity index (χ2v) is 6.77. The third-order valence-corrected chi connectivity index (χ3v) is 4.60. The van der Waals surface area contributed by atoms with Crippen LogP contribution in [0.3, 0.4) is 0 Å². The molecular weight excluding hydrogens is 326 g/mol. The Balaban J connectivity index is 1.52. The van der Waals surface area contributed by atoms with E-state index in [1.165, 1.54) is 11.3 Å². The third kappa shape index (κ3) is 4.29. The van der Waals surface area contributed by atoms with E-state index in [0.717, 1.165) is 31.5 Å². The molecule has 2 heterocycles. The number of hydrogen-bond acceptors (Lipinski definition) is 5. The van der Waals surface area contributed by atoms with Crippen molar-refractivity contribution in [2.45, 2.75) is 26.2 Å². The summed E-state index contributed by atoms with van der Waals surface area (Å²) in [7, 11) is 0. The molecule has 1 aromatic carbocycles. The van der Waals surface area contributed by atoms with Crippen LogP contribution in [0.2, 0.25) is 0 Å². The summed E-state index contributed by atoms with van der Waals surface area (Å²) < 4.78 is 0. The molecule has 3 amide bonds. The first-order valence-corrected chi connectivity index (χ1v) is 8.66. The zero-order valence-electron chi connectivity index (χ0n) is 13.4. The lowest BCUT2D eigenvalue weighted by molar-refractivity contribution is -0.129. The van der Waals surface area contributed by atoms with Gasteiger partial charge >= 0.3 is 6.03 Å². The summed E-state index contributed by atoms with van der Waals surface area (Å²) in [6, 6.07) is 7.11. The number of rotatable bonds is 4. The van der Waals surface area contributed by atoms with Gasteiger partial charge in [-0.3, -0.25) is 10.1 Å². The van der Waals surface area contributed by atoms with E-state index in [1.807, 2.05) is 36.1 Å². The second-order valence-electron chi connectivity index (χ2n) is 5.71. The maximum atomic E-state index is 12.1. The second kappa shape index (κ2) is 7.39. The molecule has 2 N–H and O–H groups in total. The van der Waals surface area contributed by atoms with Crippen LogP contribution < -0.4 is 10.6 Å². The normalized spacial score (nSPS) is 13.8. The Kier molecular flexibility index (Phi) is 5.05. The van der Waals surface area contributed by atoms with Crippen LogP contribution in [-0.4, -0.2) is 40.1 Å². The molecule has 126 valence electrons. The first-order valence-electron chi connectivity index (χ1n) is 7.85. The van der Waals surface area contributed by atoms with E-state index >= 15 is 0 Å². The molecule has 0 bridgehead atoms. The molecular formula is C16H19N5O2S. The van der Waals surface area contributed by atoms with Crippen LogP contribution in [0.25, 0.3) is 0 Å². The Bertz CT molecular complexity index is 722. The van der Waals surface area contributed by atoms with Crippen LogP contribution in [0, 0.1) is 6.92 Å². The van der Waals surface area contributed by atoms with E-state index in [1.54, 1.807) is 0 Å². The van der Waals surface area contributed by atoms with Gasteiger partial charge in [-0.25, -0.2) is 4.79 Å². The molecule has 7 nitrogen and oxygen atoms in total. The summed E-state index contributed by atoms with van der Waals surface area (Å²) in [6.45, 7) is 3.62. The van der Waals surface area contributed by atoms with Crippen molar-refractivity contribution >= 4 is 34.1 Å². The van der Waals surface area contributed by atoms with E-state index in [2.05, 4.69) is 20.8 Å². The summed E-state index contributed by atoms with van der Waals surface area (Å²) >= 11 is 1.22. The molecule has 0 radical (unpaired) electrons. The molecule has 0 unspecified atom stereocenters. The van der Waals surface area contributed by atoms with Crippen LogP contribution in [0.1, 0.15) is 23.4 Å². The fourth-order valence-electron chi connectivity index (χ4n) is 2.48. The van der Waals surface area contributed by atoms with Crippen molar-refractivity contribution in [2.24, 2.45) is 0 Å². The van der Waals surface area contributed by atoms with Gasteiger partial charge in [-0.05, 0) is 31.9 Å². The van der Waals surface area contributed by atoms with Crippen LogP contribution in [0.5, 0.6) is 0 Å². The molecule has 8 heteroatoms. The number of hydrogen-bond donors (Lipinski definition) is 2. The number of carbonyl (C=O) groups excluding carboxylic acids is 2. The molecule has 1 aromatic heterocycles. The smallest absolute Gasteiger partial charge is 0.325 e. The number of urea groups is 1. The molecule has 0 aliphatic carbocycles. The van der Waals surface area contributed by atoms with Gasteiger partial charge in [0.1, 0.15) is 5.01 Å². The van der Waals surface area contributed by atoms with Crippen LogP contribution in [-0.2, 0) is 11.2 Å². The number of nitrogens with one attached hydrogen (secondary N) is 2. The first-order chi connectivity index (χ1) is 11.6. The van der Waals surface area contributed by atoms with Gasteiger partial charge in [0, 0.05) is 18.8 Å². The lowest BCUT2D eigenvalue weighted by atomic mass is 10.2. The summed E-state index contributed by atoms with van der Waals surface area (Å²) in [5, 5.41) is 14.2. The summed E-state index contributed by atoms with van der Waals surface area (Å²) in [6.07, 6.45) is 2.36. The highest BCUT2D eigenvalue weighted by Gasteiger charge is 2.20. The molecule has 1 aliphatic heterocycles. The molecule has 2 aromatic rings. The van der Waals surface area contributed by atoms with E-state index < -0.39 is 0 Å². The summed E-state index contributed by atoms with van der Waals surface area (Å²) in [5.74, 6) is 0.0688. The summed E-state index contributed by atoms with van der Waals surface area (Å²) in [4.78, 5) is 25.9. The fourth-order valence-corrected chi connectivity index (χ4v) is 3.21. The first kappa shape index (κ1) is 16.4. The Labute approximate surface area is 144 Å². The molecule has 24 heavy (non-hydrogen) atoms. The molecule has 0 spiro atoms. The van der Waals surface area contributed by atoms with Gasteiger partial charge in [-0.2, -0.15) is 0 Å². The van der Waals surface area contributed by atoms with Gasteiger partial charge in [0.05, 0.1) is 6.42 Å². The van der Waals surface area contributed by atoms with Crippen LogP contribution in [0.15, 0.2) is 24.3 Å². The Hall–Kier alpha value is -2.48. The van der Waals surface area contributed by atoms with Crippen molar-refractivity contribution in [2.75, 3.05) is 23.7 Å². The van der Waals surface area contributed by atoms with Crippen molar-refractivity contribution in [1.29, 1.82) is 0 Å². The molecule has 3 rings (SSSR count). The average Bonchev–Trinajstić information content (AvgIpc) is 3.21. The Morgan fingerprint density at radius 1 is 1.12 bits per heavy atom. The minimum Gasteiger partial charge on any atom is -0.342 e. The standard InChI is InChI=1S/C16H19N5O2S/c1-11-4-6-12(7-5-11)17-15(23)18-16-20-19-13(24-16)10-14(22)21-8-2-3-9-21/h4-7H,2-3,8-10H2,1H3,(H2,17,18,20,23). The third-order valence-electron chi connectivity index (χ3n) is 3.76. The Morgan fingerprint density at radius 3 is 2.54 bits per heavy atom. The monoisotopic (exact) mass is 345 g/mol. The van der Waals surface area contributed by atoms with Crippen LogP contribution >= 0.6 is 11.3 Å². The number of nitrogens with zero attached hydrogens (tertiary/aromatic N) is 3. The van der Waals surface area contributed by atoms with E-state index in [-0.39, 0.29) is 18.4 Å². The van der Waals surface area contributed by atoms with Gasteiger partial charge in [0.2, 0.25) is 11.0 Å². The molecule has 1 fully saturated rings. The highest BCUT2D eigenvalue weighted by atomic mass is 32.1. The van der Waals surface area contributed by atoms with Crippen LogP contribution in [0.4, 0.5) is 15.6 Å². The highest BCUT2D eigenvalue weighted by molar-refractivity contribution is 7.15. The predicted octanol–water partition coefficient (Wildman–Crippen LogP) is 2.66. The minimum absolute atomic E-state index is 0.0688. The fraction of sp³-hybridized carbons (Fsp3) is 0.375. The van der Waals surface area contributed by atoms with Crippen molar-refractivity contribution < 1.29 is 9.59 Å². The average molecular weight is 345 g/mol.